The molecule has 0 aliphatic rings. The molecule has 0 aliphatic carbocycles. The summed E-state index contributed by atoms with van der Waals surface area (Å²) in [5, 5.41) is 0.765. The predicted octanol–water partition coefficient (Wildman–Crippen LogP) is 5.27. The van der Waals surface area contributed by atoms with Gasteiger partial charge in [-0.3, -0.25) is 9.59 Å². The fourth-order valence-electron chi connectivity index (χ4n) is 3.19. The summed E-state index contributed by atoms with van der Waals surface area (Å²) in [6.07, 6.45) is 0. The molecule has 0 saturated carbocycles. The van der Waals surface area contributed by atoms with Gasteiger partial charge in [0.1, 0.15) is 5.58 Å². The number of rotatable bonds is 5. The van der Waals surface area contributed by atoms with Gasteiger partial charge in [0, 0.05) is 17.5 Å². The highest BCUT2D eigenvalue weighted by molar-refractivity contribution is 6.30. The van der Waals surface area contributed by atoms with Crippen molar-refractivity contribution in [2.75, 3.05) is 7.11 Å². The molecule has 8 heteroatoms. The van der Waals surface area contributed by atoms with Crippen molar-refractivity contribution in [2.24, 2.45) is 0 Å². The minimum atomic E-state index is -0.819. The smallest absolute Gasteiger partial charge is 0.343 e. The Bertz CT molecular complexity index is 1420. The molecule has 0 N–H and O–H groups in total. The Morgan fingerprint density at radius 3 is 2.33 bits per heavy atom. The van der Waals surface area contributed by atoms with E-state index in [1.165, 1.54) is 32.2 Å². The number of halogens is 1. The maximum absolute atomic E-state index is 13.2. The second kappa shape index (κ2) is 9.18. The first-order valence-electron chi connectivity index (χ1n) is 9.78. The summed E-state index contributed by atoms with van der Waals surface area (Å²) in [4.78, 5) is 37.4. The van der Waals surface area contributed by atoms with E-state index in [-0.39, 0.29) is 34.0 Å². The maximum Gasteiger partial charge on any atom is 0.343 e. The molecule has 0 saturated heterocycles. The molecule has 0 aliphatic heterocycles. The zero-order chi connectivity index (χ0) is 23.5. The van der Waals surface area contributed by atoms with E-state index in [1.807, 2.05) is 0 Å². The van der Waals surface area contributed by atoms with Crippen molar-refractivity contribution in [3.8, 4) is 28.6 Å². The largest absolute Gasteiger partial charge is 0.493 e. The van der Waals surface area contributed by atoms with Crippen molar-refractivity contribution in [3.63, 3.8) is 0 Å². The number of esters is 2. The number of benzene rings is 3. The van der Waals surface area contributed by atoms with Gasteiger partial charge in [0.05, 0.1) is 18.1 Å². The molecular weight excluding hydrogens is 448 g/mol. The molecule has 0 bridgehead atoms. The van der Waals surface area contributed by atoms with Crippen molar-refractivity contribution >= 4 is 34.5 Å². The molecule has 0 radical (unpaired) electrons. The van der Waals surface area contributed by atoms with Gasteiger partial charge in [-0.2, -0.15) is 0 Å². The highest BCUT2D eigenvalue weighted by Gasteiger charge is 2.22. The first-order chi connectivity index (χ1) is 15.9. The Labute approximate surface area is 193 Å². The summed E-state index contributed by atoms with van der Waals surface area (Å²) in [5.74, 6) is -1.22. The van der Waals surface area contributed by atoms with Crippen LogP contribution < -0.4 is 19.6 Å². The van der Waals surface area contributed by atoms with E-state index in [2.05, 4.69) is 0 Å². The second-order valence-corrected chi connectivity index (χ2v) is 7.38. The van der Waals surface area contributed by atoms with E-state index in [0.29, 0.717) is 16.2 Å². The highest BCUT2D eigenvalue weighted by atomic mass is 35.5. The predicted molar refractivity (Wildman–Crippen MR) is 122 cm³/mol. The molecule has 4 aromatic rings. The lowest BCUT2D eigenvalue weighted by Gasteiger charge is -2.12. The van der Waals surface area contributed by atoms with Crippen molar-refractivity contribution < 1.29 is 28.2 Å². The molecule has 0 amide bonds. The van der Waals surface area contributed by atoms with Gasteiger partial charge in [-0.05, 0) is 54.6 Å². The molecule has 3 aromatic carbocycles. The van der Waals surface area contributed by atoms with Crippen molar-refractivity contribution in [2.45, 2.75) is 6.92 Å². The first kappa shape index (κ1) is 22.1. The lowest BCUT2D eigenvalue weighted by Crippen LogP contribution is -2.16. The minimum Gasteiger partial charge on any atom is -0.493 e. The number of methoxy groups -OCH3 is 1. The summed E-state index contributed by atoms with van der Waals surface area (Å²) in [5.41, 5.74) is 0.434. The van der Waals surface area contributed by atoms with E-state index < -0.39 is 17.4 Å². The van der Waals surface area contributed by atoms with Gasteiger partial charge < -0.3 is 18.6 Å². The molecule has 33 heavy (non-hydrogen) atoms. The summed E-state index contributed by atoms with van der Waals surface area (Å²) in [6, 6.07) is 17.4. The molecule has 0 fully saturated rings. The molecular formula is C25H17ClO7. The third-order valence-corrected chi connectivity index (χ3v) is 4.96. The van der Waals surface area contributed by atoms with Gasteiger partial charge in [0.2, 0.25) is 11.2 Å². The Morgan fingerprint density at radius 1 is 0.909 bits per heavy atom. The van der Waals surface area contributed by atoms with Gasteiger partial charge in [-0.15, -0.1) is 0 Å². The average Bonchev–Trinajstić information content (AvgIpc) is 2.81. The van der Waals surface area contributed by atoms with Crippen molar-refractivity contribution in [1.29, 1.82) is 0 Å². The fourth-order valence-corrected chi connectivity index (χ4v) is 3.32. The van der Waals surface area contributed by atoms with Crippen molar-refractivity contribution in [3.05, 3.63) is 87.5 Å². The van der Waals surface area contributed by atoms with Gasteiger partial charge in [0.15, 0.2) is 17.3 Å². The van der Waals surface area contributed by atoms with Gasteiger partial charge in [0.25, 0.3) is 0 Å². The monoisotopic (exact) mass is 464 g/mol. The zero-order valence-electron chi connectivity index (χ0n) is 17.6. The van der Waals surface area contributed by atoms with E-state index in [4.69, 9.17) is 30.2 Å². The molecule has 1 heterocycles. The Balaban J connectivity index is 1.79. The van der Waals surface area contributed by atoms with Crippen LogP contribution in [0.15, 0.2) is 75.9 Å². The minimum absolute atomic E-state index is 0.0809. The Morgan fingerprint density at radius 2 is 1.64 bits per heavy atom. The maximum atomic E-state index is 13.2. The van der Waals surface area contributed by atoms with Crippen LogP contribution in [0.3, 0.4) is 0 Å². The molecule has 4 rings (SSSR count). The lowest BCUT2D eigenvalue weighted by atomic mass is 10.1. The third-order valence-electron chi connectivity index (χ3n) is 4.71. The van der Waals surface area contributed by atoms with Crippen LogP contribution >= 0.6 is 11.6 Å². The average molecular weight is 465 g/mol. The fraction of sp³-hybridized carbons (Fsp3) is 0.0800. The number of ether oxygens (including phenoxy) is 3. The molecule has 7 nitrogen and oxygen atoms in total. The van der Waals surface area contributed by atoms with E-state index >= 15 is 0 Å². The summed E-state index contributed by atoms with van der Waals surface area (Å²) >= 11 is 5.98. The number of fused-ring (bicyclic) bond motifs is 1. The third kappa shape index (κ3) is 4.58. The molecule has 1 aromatic heterocycles. The van der Waals surface area contributed by atoms with Gasteiger partial charge >= 0.3 is 11.9 Å². The Kier molecular flexibility index (Phi) is 6.15. The summed E-state index contributed by atoms with van der Waals surface area (Å²) < 4.78 is 21.7. The standard InChI is InChI=1S/C25H17ClO7/c1-14(27)31-20-12-9-16(13-21(20)30-2)25(29)33-24-22(28)18-5-3-4-6-19(18)32-23(24)15-7-10-17(26)11-8-15/h3-13H,1-2H3. The van der Waals surface area contributed by atoms with Crippen LogP contribution in [0, 0.1) is 0 Å². The van der Waals surface area contributed by atoms with Crippen LogP contribution in [0.25, 0.3) is 22.3 Å². The number of carbonyl (C=O) groups is 2. The lowest BCUT2D eigenvalue weighted by molar-refractivity contribution is -0.132. The van der Waals surface area contributed by atoms with Crippen LogP contribution in [-0.2, 0) is 4.79 Å². The SMILES string of the molecule is COc1cc(C(=O)Oc2c(-c3ccc(Cl)cc3)oc3ccccc3c2=O)ccc1OC(C)=O. The highest BCUT2D eigenvalue weighted by Crippen LogP contribution is 2.33. The second-order valence-electron chi connectivity index (χ2n) is 6.94. The normalized spacial score (nSPS) is 10.6. The van der Waals surface area contributed by atoms with Crippen molar-refractivity contribution in [1.82, 2.24) is 0 Å². The van der Waals surface area contributed by atoms with Crippen LogP contribution in [0.5, 0.6) is 17.2 Å². The van der Waals surface area contributed by atoms with Crippen LogP contribution in [0.2, 0.25) is 5.02 Å². The quantitative estimate of drug-likeness (QED) is 0.293. The topological polar surface area (TPSA) is 92.0 Å². The van der Waals surface area contributed by atoms with E-state index in [0.717, 1.165) is 0 Å². The van der Waals surface area contributed by atoms with Gasteiger partial charge in [-0.1, -0.05) is 23.7 Å². The van der Waals surface area contributed by atoms with Crippen LogP contribution in [-0.4, -0.2) is 19.0 Å². The number of hydrogen-bond acceptors (Lipinski definition) is 7. The molecule has 0 unspecified atom stereocenters. The zero-order valence-corrected chi connectivity index (χ0v) is 18.3. The first-order valence-corrected chi connectivity index (χ1v) is 10.2. The number of para-hydroxylation sites is 1. The summed E-state index contributed by atoms with van der Waals surface area (Å²) in [7, 11) is 1.37. The molecule has 0 atom stereocenters. The van der Waals surface area contributed by atoms with E-state index in [1.54, 1.807) is 48.5 Å². The van der Waals surface area contributed by atoms with Crippen LogP contribution in [0.4, 0.5) is 0 Å². The molecule has 166 valence electrons. The Hall–Kier alpha value is -4.10. The molecule has 0 spiro atoms. The van der Waals surface area contributed by atoms with E-state index in [9.17, 15) is 14.4 Å². The van der Waals surface area contributed by atoms with Crippen LogP contribution in [0.1, 0.15) is 17.3 Å². The number of hydrogen-bond donors (Lipinski definition) is 0. The number of carbonyl (C=O) groups excluding carboxylic acids is 2. The summed E-state index contributed by atoms with van der Waals surface area (Å²) in [6.45, 7) is 1.25. The van der Waals surface area contributed by atoms with Gasteiger partial charge in [-0.25, -0.2) is 4.79 Å².